The first-order valence-electron chi connectivity index (χ1n) is 5.42. The van der Waals surface area contributed by atoms with E-state index in [9.17, 15) is 13.2 Å². The molecule has 2 aromatic carbocycles. The molecular weight excluding hydrogens is 339 g/mol. The number of anilines is 1. The molecule has 106 valence electrons. The van der Waals surface area contributed by atoms with Gasteiger partial charge in [0.1, 0.15) is 11.5 Å². The van der Waals surface area contributed by atoms with Crippen LogP contribution in [0, 0.1) is 0 Å². The summed E-state index contributed by atoms with van der Waals surface area (Å²) in [7, 11) is 0. The van der Waals surface area contributed by atoms with Crippen LogP contribution in [0.25, 0.3) is 0 Å². The van der Waals surface area contributed by atoms with E-state index in [0.717, 1.165) is 16.6 Å². The molecule has 0 saturated carbocycles. The molecule has 0 heterocycles. The minimum absolute atomic E-state index is 0.313. The maximum absolute atomic E-state index is 12.0. The Morgan fingerprint density at radius 2 is 1.55 bits per heavy atom. The van der Waals surface area contributed by atoms with Gasteiger partial charge in [0.05, 0.1) is 5.69 Å². The highest BCUT2D eigenvalue weighted by Gasteiger charge is 2.30. The van der Waals surface area contributed by atoms with E-state index in [0.29, 0.717) is 17.2 Å². The highest BCUT2D eigenvalue weighted by Crippen LogP contribution is 2.31. The predicted octanol–water partition coefficient (Wildman–Crippen LogP) is 4.72. The van der Waals surface area contributed by atoms with Crippen LogP contribution >= 0.6 is 15.9 Å². The van der Waals surface area contributed by atoms with Gasteiger partial charge in [0, 0.05) is 4.47 Å². The number of rotatable bonds is 3. The molecule has 0 aliphatic carbocycles. The topological polar surface area (TPSA) is 44.5 Å². The summed E-state index contributed by atoms with van der Waals surface area (Å²) in [4.78, 5) is 0. The van der Waals surface area contributed by atoms with Crippen molar-refractivity contribution in [3.05, 3.63) is 46.9 Å². The molecule has 0 atom stereocenters. The van der Waals surface area contributed by atoms with Gasteiger partial charge in [0.25, 0.3) is 0 Å². The minimum atomic E-state index is -4.71. The number of halogens is 4. The smallest absolute Gasteiger partial charge is 0.455 e. The molecular formula is C13H9BrF3NO2. The van der Waals surface area contributed by atoms with Crippen molar-refractivity contribution in [2.24, 2.45) is 0 Å². The zero-order valence-electron chi connectivity index (χ0n) is 9.95. The van der Waals surface area contributed by atoms with E-state index in [-0.39, 0.29) is 5.75 Å². The second kappa shape index (κ2) is 5.62. The molecule has 0 spiro atoms. The van der Waals surface area contributed by atoms with Gasteiger partial charge in [-0.2, -0.15) is 0 Å². The van der Waals surface area contributed by atoms with Gasteiger partial charge in [-0.25, -0.2) is 0 Å². The summed E-state index contributed by atoms with van der Waals surface area (Å²) >= 11 is 3.27. The normalized spacial score (nSPS) is 11.2. The Kier molecular flexibility index (Phi) is 4.08. The predicted molar refractivity (Wildman–Crippen MR) is 71.8 cm³/mol. The van der Waals surface area contributed by atoms with Crippen molar-refractivity contribution in [1.29, 1.82) is 0 Å². The van der Waals surface area contributed by atoms with Gasteiger partial charge >= 0.3 is 6.36 Å². The third-order valence-corrected chi connectivity index (χ3v) is 2.75. The molecule has 2 rings (SSSR count). The van der Waals surface area contributed by atoms with Gasteiger partial charge in [-0.15, -0.1) is 13.2 Å². The summed E-state index contributed by atoms with van der Waals surface area (Å²) < 4.78 is 46.1. The molecule has 7 heteroatoms. The van der Waals surface area contributed by atoms with Gasteiger partial charge in [-0.3, -0.25) is 0 Å². The molecule has 2 N–H and O–H groups in total. The molecule has 2 aromatic rings. The van der Waals surface area contributed by atoms with Crippen LogP contribution in [0.2, 0.25) is 0 Å². The maximum Gasteiger partial charge on any atom is 0.573 e. The monoisotopic (exact) mass is 347 g/mol. The number of nitrogen functional groups attached to an aromatic ring is 1. The summed E-state index contributed by atoms with van der Waals surface area (Å²) in [5, 5.41) is 0. The van der Waals surface area contributed by atoms with Crippen molar-refractivity contribution >= 4 is 21.6 Å². The molecule has 3 nitrogen and oxygen atoms in total. The summed E-state index contributed by atoms with van der Waals surface area (Å²) in [5.74, 6) is 0.445. The van der Waals surface area contributed by atoms with E-state index in [2.05, 4.69) is 20.7 Å². The van der Waals surface area contributed by atoms with Gasteiger partial charge in [0.15, 0.2) is 5.75 Å². The Morgan fingerprint density at radius 3 is 2.15 bits per heavy atom. The van der Waals surface area contributed by atoms with E-state index in [1.54, 1.807) is 18.2 Å². The first-order chi connectivity index (χ1) is 9.33. The summed E-state index contributed by atoms with van der Waals surface area (Å²) in [6.45, 7) is 0. The van der Waals surface area contributed by atoms with Crippen LogP contribution in [0.3, 0.4) is 0 Å². The fourth-order valence-corrected chi connectivity index (χ4v) is 1.77. The highest BCUT2D eigenvalue weighted by molar-refractivity contribution is 9.10. The van der Waals surface area contributed by atoms with E-state index >= 15 is 0 Å². The van der Waals surface area contributed by atoms with Crippen molar-refractivity contribution in [2.75, 3.05) is 5.73 Å². The Balaban J connectivity index is 2.13. The zero-order valence-corrected chi connectivity index (χ0v) is 11.5. The van der Waals surface area contributed by atoms with Crippen molar-refractivity contribution < 1.29 is 22.6 Å². The summed E-state index contributed by atoms with van der Waals surface area (Å²) in [6, 6.07) is 10.1. The molecule has 0 saturated heterocycles. The Morgan fingerprint density at radius 1 is 0.950 bits per heavy atom. The van der Waals surface area contributed by atoms with Crippen LogP contribution in [0.1, 0.15) is 0 Å². The van der Waals surface area contributed by atoms with Crippen LogP contribution in [-0.2, 0) is 0 Å². The molecule has 0 aromatic heterocycles. The Hall–Kier alpha value is -1.89. The number of benzene rings is 2. The number of alkyl halides is 3. The van der Waals surface area contributed by atoms with Crippen LogP contribution in [0.4, 0.5) is 18.9 Å². The molecule has 0 aliphatic rings. The van der Waals surface area contributed by atoms with Crippen LogP contribution < -0.4 is 15.2 Å². The van der Waals surface area contributed by atoms with Crippen molar-refractivity contribution in [2.45, 2.75) is 6.36 Å². The van der Waals surface area contributed by atoms with Crippen molar-refractivity contribution in [1.82, 2.24) is 0 Å². The summed E-state index contributed by atoms with van der Waals surface area (Å²) in [6.07, 6.45) is -4.71. The van der Waals surface area contributed by atoms with Gasteiger partial charge in [0.2, 0.25) is 0 Å². The second-order valence-electron chi connectivity index (χ2n) is 3.80. The minimum Gasteiger partial charge on any atom is -0.455 e. The van der Waals surface area contributed by atoms with Gasteiger partial charge in [-0.05, 0) is 42.5 Å². The lowest BCUT2D eigenvalue weighted by Gasteiger charge is -2.11. The third kappa shape index (κ3) is 4.06. The van der Waals surface area contributed by atoms with Crippen LogP contribution in [0.5, 0.6) is 17.2 Å². The highest BCUT2D eigenvalue weighted by atomic mass is 79.9. The van der Waals surface area contributed by atoms with Crippen LogP contribution in [0.15, 0.2) is 46.9 Å². The molecule has 0 aliphatic heterocycles. The third-order valence-electron chi connectivity index (χ3n) is 2.26. The largest absolute Gasteiger partial charge is 0.573 e. The first kappa shape index (κ1) is 14.5. The molecule has 0 radical (unpaired) electrons. The number of nitrogens with two attached hydrogens (primary N) is 1. The fraction of sp³-hybridized carbons (Fsp3) is 0.0769. The van der Waals surface area contributed by atoms with Crippen LogP contribution in [-0.4, -0.2) is 6.36 Å². The first-order valence-corrected chi connectivity index (χ1v) is 6.21. The summed E-state index contributed by atoms with van der Waals surface area (Å²) in [5.41, 5.74) is 6.15. The Bertz CT molecular complexity index is 600. The molecule has 0 amide bonds. The molecule has 0 bridgehead atoms. The van der Waals surface area contributed by atoms with E-state index in [4.69, 9.17) is 10.5 Å². The van der Waals surface area contributed by atoms with Gasteiger partial charge < -0.3 is 15.2 Å². The quantitative estimate of drug-likeness (QED) is 0.817. The van der Waals surface area contributed by atoms with Crippen molar-refractivity contribution in [3.63, 3.8) is 0 Å². The second-order valence-corrected chi connectivity index (χ2v) is 4.72. The molecule has 20 heavy (non-hydrogen) atoms. The molecule has 0 fully saturated rings. The van der Waals surface area contributed by atoms with E-state index in [1.165, 1.54) is 12.1 Å². The zero-order chi connectivity index (χ0) is 14.8. The van der Waals surface area contributed by atoms with Crippen molar-refractivity contribution in [3.8, 4) is 17.2 Å². The average Bonchev–Trinajstić information content (AvgIpc) is 2.34. The number of hydrogen-bond donors (Lipinski definition) is 1. The maximum atomic E-state index is 12.0. The molecule has 0 unspecified atom stereocenters. The SMILES string of the molecule is Nc1ccc(Br)cc1Oc1ccc(OC(F)(F)F)cc1. The van der Waals surface area contributed by atoms with E-state index in [1.807, 2.05) is 0 Å². The lowest BCUT2D eigenvalue weighted by Crippen LogP contribution is -2.16. The Labute approximate surface area is 121 Å². The fourth-order valence-electron chi connectivity index (χ4n) is 1.43. The lowest BCUT2D eigenvalue weighted by molar-refractivity contribution is -0.274. The number of hydrogen-bond acceptors (Lipinski definition) is 3. The lowest BCUT2D eigenvalue weighted by atomic mass is 10.3. The standard InChI is InChI=1S/C13H9BrF3NO2/c14-8-1-6-11(18)12(7-8)19-9-2-4-10(5-3-9)20-13(15,16)17/h1-7H,18H2. The van der Waals surface area contributed by atoms with E-state index < -0.39 is 6.36 Å². The van der Waals surface area contributed by atoms with Gasteiger partial charge in [-0.1, -0.05) is 15.9 Å². The average molecular weight is 348 g/mol. The number of ether oxygens (including phenoxy) is 2.